The van der Waals surface area contributed by atoms with Crippen molar-refractivity contribution >= 4 is 28.0 Å². The largest absolute Gasteiger partial charge is 0.340 e. The maximum absolute atomic E-state index is 13.3. The zero-order chi connectivity index (χ0) is 23.7. The first kappa shape index (κ1) is 22.1. The first-order valence-corrected chi connectivity index (χ1v) is 11.8. The Labute approximate surface area is 199 Å². The summed E-state index contributed by atoms with van der Waals surface area (Å²) in [4.78, 5) is 24.6. The summed E-state index contributed by atoms with van der Waals surface area (Å²) in [5.41, 5.74) is 4.61. The Bertz CT molecular complexity index is 1390. The van der Waals surface area contributed by atoms with E-state index in [-0.39, 0.29) is 11.7 Å². The van der Waals surface area contributed by atoms with Crippen molar-refractivity contribution in [1.82, 2.24) is 24.0 Å². The van der Waals surface area contributed by atoms with Gasteiger partial charge in [0.25, 0.3) is 0 Å². The molecule has 1 aliphatic heterocycles. The van der Waals surface area contributed by atoms with E-state index in [0.717, 1.165) is 65.9 Å². The van der Waals surface area contributed by atoms with Crippen LogP contribution in [0.15, 0.2) is 72.6 Å². The van der Waals surface area contributed by atoms with Gasteiger partial charge in [-0.2, -0.15) is 0 Å². The number of benzene rings is 2. The highest BCUT2D eigenvalue weighted by Crippen LogP contribution is 2.27. The Morgan fingerprint density at radius 3 is 2.71 bits per heavy atom. The summed E-state index contributed by atoms with van der Waals surface area (Å²) in [6.07, 6.45) is 7.34. The molecule has 1 N–H and O–H groups in total. The fourth-order valence-electron chi connectivity index (χ4n) is 4.67. The van der Waals surface area contributed by atoms with Gasteiger partial charge in [0.2, 0.25) is 0 Å². The molecule has 0 amide bonds. The van der Waals surface area contributed by atoms with E-state index in [1.165, 1.54) is 0 Å². The van der Waals surface area contributed by atoms with E-state index >= 15 is 0 Å². The van der Waals surface area contributed by atoms with Crippen LogP contribution in [0.3, 0.4) is 0 Å². The number of rotatable bonds is 6. The van der Waals surface area contributed by atoms with E-state index in [1.807, 2.05) is 60.3 Å². The third-order valence-corrected chi connectivity index (χ3v) is 6.72. The van der Waals surface area contributed by atoms with Gasteiger partial charge in [-0.25, -0.2) is 14.8 Å². The van der Waals surface area contributed by atoms with Crippen LogP contribution < -0.4 is 11.0 Å². The van der Waals surface area contributed by atoms with Crippen molar-refractivity contribution in [3.63, 3.8) is 0 Å². The molecule has 34 heavy (non-hydrogen) atoms. The Kier molecular flexibility index (Phi) is 6.02. The standard InChI is InChI=1S/C27H30N6O/c1-4-31-12-10-22(11-13-31)32-14-15-33(27(32)34)23-8-9-25-24(17-23)26(29-18-28-25)30-21-7-5-6-20(16-21)19(2)3/h5-9,14-18,22H,2,4,10-13H2,1,3H3,(H,28,29,30). The Morgan fingerprint density at radius 2 is 1.94 bits per heavy atom. The summed E-state index contributed by atoms with van der Waals surface area (Å²) >= 11 is 0. The lowest BCUT2D eigenvalue weighted by Gasteiger charge is -2.31. The van der Waals surface area contributed by atoms with Gasteiger partial charge in [0.1, 0.15) is 12.1 Å². The highest BCUT2D eigenvalue weighted by atomic mass is 16.1. The fraction of sp³-hybridized carbons (Fsp3) is 0.296. The summed E-state index contributed by atoms with van der Waals surface area (Å²) in [5, 5.41) is 4.27. The minimum absolute atomic E-state index is 0.00480. The van der Waals surface area contributed by atoms with Crippen LogP contribution in [0, 0.1) is 0 Å². The van der Waals surface area contributed by atoms with E-state index < -0.39 is 0 Å². The van der Waals surface area contributed by atoms with Gasteiger partial charge < -0.3 is 10.2 Å². The fourth-order valence-corrected chi connectivity index (χ4v) is 4.67. The number of piperidine rings is 1. The van der Waals surface area contributed by atoms with Crippen LogP contribution in [0.25, 0.3) is 22.2 Å². The maximum Gasteiger partial charge on any atom is 0.332 e. The van der Waals surface area contributed by atoms with Crippen LogP contribution in [0.1, 0.15) is 38.3 Å². The molecule has 2 aromatic carbocycles. The third kappa shape index (κ3) is 4.26. The summed E-state index contributed by atoms with van der Waals surface area (Å²) in [5.74, 6) is 0.699. The SMILES string of the molecule is C=C(C)c1cccc(Nc2ncnc3ccc(-n4ccn(C5CCN(CC)CC5)c4=O)cc23)c1. The first-order valence-electron chi connectivity index (χ1n) is 11.8. The lowest BCUT2D eigenvalue weighted by molar-refractivity contribution is 0.192. The molecule has 7 heteroatoms. The minimum atomic E-state index is -0.00480. The molecule has 0 spiro atoms. The van der Waals surface area contributed by atoms with Crippen molar-refractivity contribution in [3.8, 4) is 5.69 Å². The lowest BCUT2D eigenvalue weighted by Crippen LogP contribution is -2.37. The number of fused-ring (bicyclic) bond motifs is 1. The number of anilines is 2. The van der Waals surface area contributed by atoms with Gasteiger partial charge in [-0.1, -0.05) is 31.2 Å². The van der Waals surface area contributed by atoms with E-state index in [1.54, 1.807) is 10.9 Å². The molecule has 3 heterocycles. The van der Waals surface area contributed by atoms with Crippen molar-refractivity contribution in [3.05, 3.63) is 83.8 Å². The Morgan fingerprint density at radius 1 is 1.12 bits per heavy atom. The van der Waals surface area contributed by atoms with Gasteiger partial charge in [-0.3, -0.25) is 9.13 Å². The molecule has 0 bridgehead atoms. The second kappa shape index (κ2) is 9.27. The lowest BCUT2D eigenvalue weighted by atomic mass is 10.1. The predicted octanol–water partition coefficient (Wildman–Crippen LogP) is 5.02. The number of allylic oxidation sites excluding steroid dienone is 1. The van der Waals surface area contributed by atoms with Crippen molar-refractivity contribution in [2.45, 2.75) is 32.7 Å². The molecule has 7 nitrogen and oxygen atoms in total. The summed E-state index contributed by atoms with van der Waals surface area (Å²) < 4.78 is 3.60. The topological polar surface area (TPSA) is 68.0 Å². The highest BCUT2D eigenvalue weighted by molar-refractivity contribution is 5.92. The normalized spacial score (nSPS) is 15.0. The van der Waals surface area contributed by atoms with Crippen LogP contribution in [-0.2, 0) is 0 Å². The van der Waals surface area contributed by atoms with Gasteiger partial charge in [-0.15, -0.1) is 0 Å². The molecular formula is C27H30N6O. The molecule has 0 saturated carbocycles. The maximum atomic E-state index is 13.3. The average molecular weight is 455 g/mol. The van der Waals surface area contributed by atoms with Crippen molar-refractivity contribution in [1.29, 1.82) is 0 Å². The zero-order valence-electron chi connectivity index (χ0n) is 19.7. The second-order valence-electron chi connectivity index (χ2n) is 8.93. The molecule has 0 radical (unpaired) electrons. The molecule has 4 aromatic rings. The summed E-state index contributed by atoms with van der Waals surface area (Å²) in [6.45, 7) is 11.3. The Hall–Kier alpha value is -3.71. The average Bonchev–Trinajstić information content (AvgIpc) is 3.25. The van der Waals surface area contributed by atoms with E-state index in [2.05, 4.69) is 39.8 Å². The molecule has 1 fully saturated rings. The van der Waals surface area contributed by atoms with Crippen LogP contribution in [0.4, 0.5) is 11.5 Å². The monoisotopic (exact) mass is 454 g/mol. The van der Waals surface area contributed by atoms with Crippen molar-refractivity contribution < 1.29 is 0 Å². The molecule has 1 aliphatic rings. The van der Waals surface area contributed by atoms with E-state index in [4.69, 9.17) is 0 Å². The summed E-state index contributed by atoms with van der Waals surface area (Å²) in [7, 11) is 0. The number of imidazole rings is 1. The molecule has 0 atom stereocenters. The molecule has 174 valence electrons. The minimum Gasteiger partial charge on any atom is -0.340 e. The van der Waals surface area contributed by atoms with Crippen LogP contribution in [-0.4, -0.2) is 43.6 Å². The first-order chi connectivity index (χ1) is 16.5. The number of nitrogens with zero attached hydrogens (tertiary/aromatic N) is 5. The van der Waals surface area contributed by atoms with Crippen LogP contribution in [0.5, 0.6) is 0 Å². The van der Waals surface area contributed by atoms with Gasteiger partial charge in [0.05, 0.1) is 11.2 Å². The number of hydrogen-bond donors (Lipinski definition) is 1. The molecule has 2 aromatic heterocycles. The van der Waals surface area contributed by atoms with Gasteiger partial charge in [0.15, 0.2) is 0 Å². The number of aromatic nitrogens is 4. The predicted molar refractivity (Wildman–Crippen MR) is 138 cm³/mol. The smallest absolute Gasteiger partial charge is 0.332 e. The van der Waals surface area contributed by atoms with Crippen LogP contribution in [0.2, 0.25) is 0 Å². The highest BCUT2D eigenvalue weighted by Gasteiger charge is 2.21. The second-order valence-corrected chi connectivity index (χ2v) is 8.93. The number of hydrogen-bond acceptors (Lipinski definition) is 5. The van der Waals surface area contributed by atoms with E-state index in [0.29, 0.717) is 5.82 Å². The molecule has 1 saturated heterocycles. The third-order valence-electron chi connectivity index (χ3n) is 6.72. The van der Waals surface area contributed by atoms with Crippen LogP contribution >= 0.6 is 0 Å². The van der Waals surface area contributed by atoms with Gasteiger partial charge in [-0.05, 0) is 62.2 Å². The molecule has 0 aliphatic carbocycles. The molecular weight excluding hydrogens is 424 g/mol. The molecule has 0 unspecified atom stereocenters. The molecule has 5 rings (SSSR count). The van der Waals surface area contributed by atoms with E-state index in [9.17, 15) is 4.79 Å². The Balaban J connectivity index is 1.47. The van der Waals surface area contributed by atoms with Gasteiger partial charge in [0, 0.05) is 42.6 Å². The summed E-state index contributed by atoms with van der Waals surface area (Å²) in [6, 6.07) is 14.2. The zero-order valence-corrected chi connectivity index (χ0v) is 19.7. The quantitative estimate of drug-likeness (QED) is 0.443. The number of likely N-dealkylation sites (tertiary alicyclic amines) is 1. The van der Waals surface area contributed by atoms with Crippen molar-refractivity contribution in [2.24, 2.45) is 0 Å². The number of nitrogens with one attached hydrogen (secondary N) is 1. The van der Waals surface area contributed by atoms with Gasteiger partial charge >= 0.3 is 5.69 Å². The van der Waals surface area contributed by atoms with Crippen molar-refractivity contribution in [2.75, 3.05) is 25.0 Å².